The summed E-state index contributed by atoms with van der Waals surface area (Å²) >= 11 is 0. The molecule has 0 bridgehead atoms. The Morgan fingerprint density at radius 1 is 0.810 bits per heavy atom. The van der Waals surface area contributed by atoms with Crippen molar-refractivity contribution in [3.05, 3.63) is 53.5 Å². The van der Waals surface area contributed by atoms with Crippen LogP contribution in [0.5, 0.6) is 0 Å². The highest BCUT2D eigenvalue weighted by Crippen LogP contribution is 2.40. The molecule has 0 atom stereocenters. The molecular weight excluding hydrogens is 303 g/mol. The summed E-state index contributed by atoms with van der Waals surface area (Å²) in [6.45, 7) is 0. The average Bonchev–Trinajstić information content (AvgIpc) is 2.36. The Hall–Kier alpha value is -2.12. The van der Waals surface area contributed by atoms with Crippen molar-refractivity contribution in [2.75, 3.05) is 0 Å². The second kappa shape index (κ2) is 5.01. The molecular formula is C13H6F7N. The summed E-state index contributed by atoms with van der Waals surface area (Å²) in [6, 6.07) is 4.24. The molecule has 112 valence electrons. The number of alkyl halides is 6. The second-order valence-corrected chi connectivity index (χ2v) is 4.10. The number of aromatic nitrogens is 1. The van der Waals surface area contributed by atoms with Crippen LogP contribution in [-0.4, -0.2) is 4.98 Å². The van der Waals surface area contributed by atoms with E-state index >= 15 is 0 Å². The van der Waals surface area contributed by atoms with Crippen LogP contribution in [0.2, 0.25) is 0 Å². The standard InChI is InChI=1S/C13H6F7N/c14-11-3-1-2-10(21-11)8-5-4-7(12(15,16)17)6-9(8)13(18,19)20/h1-6H. The molecule has 0 radical (unpaired) electrons. The van der Waals surface area contributed by atoms with E-state index < -0.39 is 40.7 Å². The number of hydrogen-bond donors (Lipinski definition) is 0. The van der Waals surface area contributed by atoms with Gasteiger partial charge in [0.05, 0.1) is 16.8 Å². The van der Waals surface area contributed by atoms with E-state index in [0.717, 1.165) is 18.2 Å². The van der Waals surface area contributed by atoms with Crippen LogP contribution in [0.3, 0.4) is 0 Å². The lowest BCUT2D eigenvalue weighted by molar-refractivity contribution is -0.142. The lowest BCUT2D eigenvalue weighted by Crippen LogP contribution is -2.12. The van der Waals surface area contributed by atoms with Crippen LogP contribution in [0.25, 0.3) is 11.3 Å². The minimum atomic E-state index is -5.02. The fourth-order valence-corrected chi connectivity index (χ4v) is 1.74. The summed E-state index contributed by atoms with van der Waals surface area (Å²) in [6.07, 6.45) is -9.93. The van der Waals surface area contributed by atoms with Gasteiger partial charge in [-0.3, -0.25) is 0 Å². The van der Waals surface area contributed by atoms with Gasteiger partial charge in [-0.1, -0.05) is 12.1 Å². The van der Waals surface area contributed by atoms with Gasteiger partial charge in [0.25, 0.3) is 0 Å². The summed E-state index contributed by atoms with van der Waals surface area (Å²) in [5, 5.41) is 0. The Morgan fingerprint density at radius 2 is 1.48 bits per heavy atom. The number of hydrogen-bond acceptors (Lipinski definition) is 1. The highest BCUT2D eigenvalue weighted by molar-refractivity contribution is 5.65. The third-order valence-electron chi connectivity index (χ3n) is 2.64. The monoisotopic (exact) mass is 309 g/mol. The highest BCUT2D eigenvalue weighted by Gasteiger charge is 2.38. The molecule has 0 fully saturated rings. The average molecular weight is 309 g/mol. The zero-order valence-electron chi connectivity index (χ0n) is 10.1. The Kier molecular flexibility index (Phi) is 3.65. The molecule has 0 spiro atoms. The lowest BCUT2D eigenvalue weighted by Gasteiger charge is -2.15. The van der Waals surface area contributed by atoms with E-state index in [4.69, 9.17) is 0 Å². The summed E-state index contributed by atoms with van der Waals surface area (Å²) < 4.78 is 89.3. The van der Waals surface area contributed by atoms with Gasteiger partial charge in [0.1, 0.15) is 0 Å². The zero-order valence-corrected chi connectivity index (χ0v) is 10.1. The maximum Gasteiger partial charge on any atom is 0.417 e. The molecule has 0 saturated heterocycles. The molecule has 0 unspecified atom stereocenters. The number of nitrogens with zero attached hydrogens (tertiary/aromatic N) is 1. The van der Waals surface area contributed by atoms with Gasteiger partial charge in [-0.15, -0.1) is 0 Å². The molecule has 0 amide bonds. The Balaban J connectivity index is 2.67. The van der Waals surface area contributed by atoms with E-state index in [1.165, 1.54) is 0 Å². The van der Waals surface area contributed by atoms with Gasteiger partial charge in [0.15, 0.2) is 0 Å². The van der Waals surface area contributed by atoms with Gasteiger partial charge < -0.3 is 0 Å². The zero-order chi connectivity index (χ0) is 15.8. The molecule has 0 N–H and O–H groups in total. The fraction of sp³-hybridized carbons (Fsp3) is 0.154. The van der Waals surface area contributed by atoms with Gasteiger partial charge in [0.2, 0.25) is 5.95 Å². The van der Waals surface area contributed by atoms with E-state index in [9.17, 15) is 30.7 Å². The highest BCUT2D eigenvalue weighted by atomic mass is 19.4. The fourth-order valence-electron chi connectivity index (χ4n) is 1.74. The third-order valence-corrected chi connectivity index (χ3v) is 2.64. The number of pyridine rings is 1. The Morgan fingerprint density at radius 3 is 2.00 bits per heavy atom. The maximum atomic E-state index is 13.0. The van der Waals surface area contributed by atoms with Crippen LogP contribution in [0.4, 0.5) is 30.7 Å². The van der Waals surface area contributed by atoms with Crippen LogP contribution in [0.15, 0.2) is 36.4 Å². The number of halogens is 7. The predicted octanol–water partition coefficient (Wildman–Crippen LogP) is 4.93. The minimum Gasteiger partial charge on any atom is -0.220 e. The van der Waals surface area contributed by atoms with Gasteiger partial charge in [-0.05, 0) is 24.3 Å². The molecule has 0 aliphatic rings. The smallest absolute Gasteiger partial charge is 0.220 e. The molecule has 8 heteroatoms. The Bertz CT molecular complexity index is 658. The third kappa shape index (κ3) is 3.32. The van der Waals surface area contributed by atoms with Crippen molar-refractivity contribution in [1.29, 1.82) is 0 Å². The lowest BCUT2D eigenvalue weighted by atomic mass is 10.00. The molecule has 21 heavy (non-hydrogen) atoms. The van der Waals surface area contributed by atoms with Gasteiger partial charge >= 0.3 is 12.4 Å². The van der Waals surface area contributed by atoms with Crippen molar-refractivity contribution in [2.45, 2.75) is 12.4 Å². The van der Waals surface area contributed by atoms with Crippen molar-refractivity contribution in [3.63, 3.8) is 0 Å². The maximum absolute atomic E-state index is 13.0. The summed E-state index contributed by atoms with van der Waals surface area (Å²) in [4.78, 5) is 3.26. The minimum absolute atomic E-state index is 0.0120. The number of rotatable bonds is 1. The van der Waals surface area contributed by atoms with Crippen molar-refractivity contribution < 1.29 is 30.7 Å². The first-order valence-electron chi connectivity index (χ1n) is 5.50. The van der Waals surface area contributed by atoms with Gasteiger partial charge in [-0.2, -0.15) is 30.7 Å². The Labute approximate surface area is 114 Å². The van der Waals surface area contributed by atoms with E-state index in [1.54, 1.807) is 0 Å². The van der Waals surface area contributed by atoms with E-state index in [-0.39, 0.29) is 6.07 Å². The first kappa shape index (κ1) is 15.3. The van der Waals surface area contributed by atoms with Crippen molar-refractivity contribution >= 4 is 0 Å². The molecule has 0 aliphatic heterocycles. The SMILES string of the molecule is Fc1cccc(-c2ccc(C(F)(F)F)cc2C(F)(F)F)n1. The van der Waals surface area contributed by atoms with Crippen LogP contribution >= 0.6 is 0 Å². The number of benzene rings is 1. The van der Waals surface area contributed by atoms with Crippen LogP contribution in [0, 0.1) is 5.95 Å². The molecule has 1 aromatic carbocycles. The predicted molar refractivity (Wildman–Crippen MR) is 59.6 cm³/mol. The van der Waals surface area contributed by atoms with Crippen LogP contribution in [-0.2, 0) is 12.4 Å². The molecule has 0 saturated carbocycles. The first-order valence-corrected chi connectivity index (χ1v) is 5.50. The topological polar surface area (TPSA) is 12.9 Å². The molecule has 1 aromatic heterocycles. The molecule has 1 nitrogen and oxygen atoms in total. The molecule has 1 heterocycles. The van der Waals surface area contributed by atoms with Crippen molar-refractivity contribution in [3.8, 4) is 11.3 Å². The summed E-state index contributed by atoms with van der Waals surface area (Å²) in [7, 11) is 0. The molecule has 0 aliphatic carbocycles. The first-order chi connectivity index (χ1) is 9.59. The molecule has 2 rings (SSSR count). The van der Waals surface area contributed by atoms with E-state index in [2.05, 4.69) is 4.98 Å². The summed E-state index contributed by atoms with van der Waals surface area (Å²) in [5.74, 6) is -1.03. The second-order valence-electron chi connectivity index (χ2n) is 4.10. The molecule has 2 aromatic rings. The van der Waals surface area contributed by atoms with E-state index in [1.807, 2.05) is 0 Å². The van der Waals surface area contributed by atoms with Gasteiger partial charge in [0, 0.05) is 5.56 Å². The van der Waals surface area contributed by atoms with E-state index in [0.29, 0.717) is 12.1 Å². The van der Waals surface area contributed by atoms with Crippen LogP contribution < -0.4 is 0 Å². The van der Waals surface area contributed by atoms with Crippen molar-refractivity contribution in [1.82, 2.24) is 4.98 Å². The summed E-state index contributed by atoms with van der Waals surface area (Å²) in [5.41, 5.74) is -3.96. The van der Waals surface area contributed by atoms with Gasteiger partial charge in [-0.25, -0.2) is 4.98 Å². The normalized spacial score (nSPS) is 12.5. The quantitative estimate of drug-likeness (QED) is 0.538. The largest absolute Gasteiger partial charge is 0.417 e. The van der Waals surface area contributed by atoms with Crippen molar-refractivity contribution in [2.24, 2.45) is 0 Å². The van der Waals surface area contributed by atoms with Crippen LogP contribution in [0.1, 0.15) is 11.1 Å².